The number of likely N-dealkylation sites (N-methyl/N-ethyl adjacent to an activating group) is 1. The van der Waals surface area contributed by atoms with Gasteiger partial charge in [-0.1, -0.05) is 17.3 Å². The minimum absolute atomic E-state index is 0.112. The third-order valence-corrected chi connectivity index (χ3v) is 4.54. The smallest absolute Gasteiger partial charge is 0.277 e. The van der Waals surface area contributed by atoms with Gasteiger partial charge in [-0.25, -0.2) is 4.68 Å². The lowest BCUT2D eigenvalue weighted by Crippen LogP contribution is -2.51. The molecule has 1 N–H and O–H groups in total. The molecule has 8 nitrogen and oxygen atoms in total. The van der Waals surface area contributed by atoms with Crippen molar-refractivity contribution in [2.75, 3.05) is 13.6 Å². The fraction of sp³-hybridized carbons (Fsp3) is 0.471. The van der Waals surface area contributed by atoms with Gasteiger partial charge in [0, 0.05) is 20.0 Å². The average molecular weight is 343 g/mol. The number of likely N-dealkylation sites (tertiary alicyclic amines) is 1. The number of fused-ring (bicyclic) bond motifs is 1. The second-order valence-corrected chi connectivity index (χ2v) is 6.10. The molecule has 8 heteroatoms. The molecule has 2 amide bonds. The van der Waals surface area contributed by atoms with Gasteiger partial charge in [-0.3, -0.25) is 14.4 Å². The van der Waals surface area contributed by atoms with Crippen molar-refractivity contribution < 1.29 is 9.59 Å². The van der Waals surface area contributed by atoms with E-state index in [2.05, 4.69) is 15.6 Å². The molecular formula is C17H21N5O3. The van der Waals surface area contributed by atoms with Crippen molar-refractivity contribution in [3.63, 3.8) is 0 Å². The van der Waals surface area contributed by atoms with Crippen molar-refractivity contribution >= 4 is 22.7 Å². The SMILES string of the molecule is CNC(=O)C1CCCCN1C(=O)CCn1nnc2ccccc2c1=O. The highest BCUT2D eigenvalue weighted by Gasteiger charge is 2.31. The second-order valence-electron chi connectivity index (χ2n) is 6.10. The highest BCUT2D eigenvalue weighted by Crippen LogP contribution is 2.18. The summed E-state index contributed by atoms with van der Waals surface area (Å²) in [4.78, 5) is 38.6. The maximum absolute atomic E-state index is 12.6. The van der Waals surface area contributed by atoms with Gasteiger partial charge in [0.1, 0.15) is 11.6 Å². The van der Waals surface area contributed by atoms with E-state index in [1.54, 1.807) is 36.2 Å². The van der Waals surface area contributed by atoms with E-state index in [1.165, 1.54) is 4.68 Å². The summed E-state index contributed by atoms with van der Waals surface area (Å²) >= 11 is 0. The van der Waals surface area contributed by atoms with Crippen LogP contribution in [0.4, 0.5) is 0 Å². The van der Waals surface area contributed by atoms with Gasteiger partial charge in [-0.05, 0) is 31.4 Å². The van der Waals surface area contributed by atoms with Crippen molar-refractivity contribution in [3.8, 4) is 0 Å². The third kappa shape index (κ3) is 3.52. The number of aryl methyl sites for hydroxylation is 1. The standard InChI is InChI=1S/C17H21N5O3/c1-18-16(24)14-8-4-5-10-21(14)15(23)9-11-22-17(25)12-6-2-3-7-13(12)19-20-22/h2-3,6-7,14H,4-5,8-11H2,1H3,(H,18,24). The lowest BCUT2D eigenvalue weighted by molar-refractivity contribution is -0.142. The second kappa shape index (κ2) is 7.42. The molecule has 0 aliphatic carbocycles. The number of amides is 2. The number of carbonyl (C=O) groups excluding carboxylic acids is 2. The fourth-order valence-electron chi connectivity index (χ4n) is 3.18. The minimum atomic E-state index is -0.425. The Labute approximate surface area is 144 Å². The monoisotopic (exact) mass is 343 g/mol. The molecule has 25 heavy (non-hydrogen) atoms. The quantitative estimate of drug-likeness (QED) is 0.862. The van der Waals surface area contributed by atoms with Crippen molar-refractivity contribution in [1.82, 2.24) is 25.2 Å². The van der Waals surface area contributed by atoms with Crippen LogP contribution in [0, 0.1) is 0 Å². The highest BCUT2D eigenvalue weighted by atomic mass is 16.2. The molecular weight excluding hydrogens is 322 g/mol. The van der Waals surface area contributed by atoms with Crippen LogP contribution in [0.3, 0.4) is 0 Å². The molecule has 1 aliphatic rings. The minimum Gasteiger partial charge on any atom is -0.357 e. The molecule has 1 saturated heterocycles. The first-order valence-corrected chi connectivity index (χ1v) is 8.45. The van der Waals surface area contributed by atoms with Crippen molar-refractivity contribution in [3.05, 3.63) is 34.6 Å². The van der Waals surface area contributed by atoms with E-state index >= 15 is 0 Å². The zero-order valence-corrected chi connectivity index (χ0v) is 14.1. The van der Waals surface area contributed by atoms with Crippen LogP contribution in [0.15, 0.2) is 29.1 Å². The van der Waals surface area contributed by atoms with E-state index < -0.39 is 6.04 Å². The molecule has 1 aliphatic heterocycles. The molecule has 0 bridgehead atoms. The molecule has 2 heterocycles. The van der Waals surface area contributed by atoms with Crippen molar-refractivity contribution in [1.29, 1.82) is 0 Å². The first-order chi connectivity index (χ1) is 12.1. The summed E-state index contributed by atoms with van der Waals surface area (Å²) < 4.78 is 1.21. The largest absolute Gasteiger partial charge is 0.357 e. The molecule has 1 atom stereocenters. The predicted molar refractivity (Wildman–Crippen MR) is 91.8 cm³/mol. The Balaban J connectivity index is 1.72. The zero-order chi connectivity index (χ0) is 17.8. The van der Waals surface area contributed by atoms with Crippen LogP contribution in [0.25, 0.3) is 10.9 Å². The zero-order valence-electron chi connectivity index (χ0n) is 14.1. The Morgan fingerprint density at radius 2 is 2.08 bits per heavy atom. The fourth-order valence-corrected chi connectivity index (χ4v) is 3.18. The summed E-state index contributed by atoms with van der Waals surface area (Å²) in [6, 6.07) is 6.55. The predicted octanol–water partition coefficient (Wildman–Crippen LogP) is 0.309. The number of nitrogens with one attached hydrogen (secondary N) is 1. The van der Waals surface area contributed by atoms with Crippen LogP contribution in [-0.4, -0.2) is 51.3 Å². The summed E-state index contributed by atoms with van der Waals surface area (Å²) in [5.74, 6) is -0.286. The Morgan fingerprint density at radius 3 is 2.88 bits per heavy atom. The summed E-state index contributed by atoms with van der Waals surface area (Å²) in [6.07, 6.45) is 2.59. The molecule has 1 unspecified atom stereocenters. The Morgan fingerprint density at radius 1 is 1.28 bits per heavy atom. The first kappa shape index (κ1) is 17.1. The van der Waals surface area contributed by atoms with Crippen molar-refractivity contribution in [2.45, 2.75) is 38.3 Å². The van der Waals surface area contributed by atoms with Gasteiger partial charge < -0.3 is 10.2 Å². The number of carbonyl (C=O) groups is 2. The molecule has 1 aromatic heterocycles. The summed E-state index contributed by atoms with van der Waals surface area (Å²) in [7, 11) is 1.57. The van der Waals surface area contributed by atoms with E-state index in [1.807, 2.05) is 0 Å². The lowest BCUT2D eigenvalue weighted by Gasteiger charge is -2.34. The van der Waals surface area contributed by atoms with Gasteiger partial charge in [0.2, 0.25) is 11.8 Å². The van der Waals surface area contributed by atoms with E-state index in [0.717, 1.165) is 12.8 Å². The van der Waals surface area contributed by atoms with Gasteiger partial charge in [0.25, 0.3) is 5.56 Å². The van der Waals surface area contributed by atoms with Crippen LogP contribution in [0.1, 0.15) is 25.7 Å². The molecule has 0 spiro atoms. The summed E-state index contributed by atoms with van der Waals surface area (Å²) in [6.45, 7) is 0.710. The number of benzene rings is 1. The third-order valence-electron chi connectivity index (χ3n) is 4.54. The molecule has 2 aromatic rings. The van der Waals surface area contributed by atoms with E-state index in [-0.39, 0.29) is 30.3 Å². The van der Waals surface area contributed by atoms with Crippen LogP contribution in [0.5, 0.6) is 0 Å². The van der Waals surface area contributed by atoms with E-state index in [4.69, 9.17) is 0 Å². The first-order valence-electron chi connectivity index (χ1n) is 8.45. The maximum Gasteiger partial charge on any atom is 0.277 e. The molecule has 132 valence electrons. The van der Waals surface area contributed by atoms with Crippen LogP contribution < -0.4 is 10.9 Å². The van der Waals surface area contributed by atoms with E-state index in [0.29, 0.717) is 23.9 Å². The van der Waals surface area contributed by atoms with Gasteiger partial charge in [-0.2, -0.15) is 0 Å². The normalized spacial score (nSPS) is 17.5. The maximum atomic E-state index is 12.6. The van der Waals surface area contributed by atoms with Gasteiger partial charge in [-0.15, -0.1) is 5.10 Å². The Hall–Kier alpha value is -2.77. The molecule has 0 radical (unpaired) electrons. The van der Waals surface area contributed by atoms with Crippen LogP contribution in [0.2, 0.25) is 0 Å². The van der Waals surface area contributed by atoms with E-state index in [9.17, 15) is 14.4 Å². The number of piperidine rings is 1. The van der Waals surface area contributed by atoms with Crippen molar-refractivity contribution in [2.24, 2.45) is 0 Å². The number of nitrogens with zero attached hydrogens (tertiary/aromatic N) is 4. The molecule has 3 rings (SSSR count). The van der Waals surface area contributed by atoms with Crippen LogP contribution >= 0.6 is 0 Å². The summed E-state index contributed by atoms with van der Waals surface area (Å²) in [5.41, 5.74) is 0.269. The molecule has 1 aromatic carbocycles. The number of hydrogen-bond acceptors (Lipinski definition) is 5. The van der Waals surface area contributed by atoms with Crippen LogP contribution in [-0.2, 0) is 16.1 Å². The topological polar surface area (TPSA) is 97.2 Å². The number of aromatic nitrogens is 3. The molecule has 0 saturated carbocycles. The van der Waals surface area contributed by atoms with Gasteiger partial charge >= 0.3 is 0 Å². The highest BCUT2D eigenvalue weighted by molar-refractivity contribution is 5.87. The Kier molecular flexibility index (Phi) is 5.06. The molecule has 1 fully saturated rings. The summed E-state index contributed by atoms with van der Waals surface area (Å²) in [5, 5.41) is 11.0. The number of hydrogen-bond donors (Lipinski definition) is 1. The van der Waals surface area contributed by atoms with Gasteiger partial charge in [0.15, 0.2) is 0 Å². The number of rotatable bonds is 4. The lowest BCUT2D eigenvalue weighted by atomic mass is 10.0. The van der Waals surface area contributed by atoms with Gasteiger partial charge in [0.05, 0.1) is 11.9 Å². The Bertz CT molecular complexity index is 848. The average Bonchev–Trinajstić information content (AvgIpc) is 2.67.